The largest absolute Gasteiger partial charge is 0.388 e. The van der Waals surface area contributed by atoms with Gasteiger partial charge in [-0.2, -0.15) is 0 Å². The van der Waals surface area contributed by atoms with Crippen LogP contribution in [0.25, 0.3) is 0 Å². The highest BCUT2D eigenvalue weighted by atomic mass is 16.3. The van der Waals surface area contributed by atoms with Gasteiger partial charge < -0.3 is 21.5 Å². The average Bonchev–Trinajstić information content (AvgIpc) is 2.43. The standard InChI is InChI=1S/C14H25N3O/c1-3-14(18,4-2)11-17-13-7-5-6-12(10-13)16-9-8-15/h5-7,10,16-18H,3-4,8-9,11,15H2,1-2H3. The smallest absolute Gasteiger partial charge is 0.0814 e. The summed E-state index contributed by atoms with van der Waals surface area (Å²) < 4.78 is 0. The van der Waals surface area contributed by atoms with Crippen LogP contribution in [0.15, 0.2) is 24.3 Å². The first-order chi connectivity index (χ1) is 8.63. The summed E-state index contributed by atoms with van der Waals surface area (Å²) in [5.74, 6) is 0. The molecule has 0 aliphatic rings. The summed E-state index contributed by atoms with van der Waals surface area (Å²) in [5.41, 5.74) is 6.89. The van der Waals surface area contributed by atoms with Gasteiger partial charge in [0, 0.05) is 31.0 Å². The Bertz CT molecular complexity index is 351. The molecule has 1 aromatic rings. The summed E-state index contributed by atoms with van der Waals surface area (Å²) in [7, 11) is 0. The van der Waals surface area contributed by atoms with Crippen LogP contribution in [0.4, 0.5) is 11.4 Å². The highest BCUT2D eigenvalue weighted by Crippen LogP contribution is 2.19. The Kier molecular flexibility index (Phi) is 5.95. The number of hydrogen-bond acceptors (Lipinski definition) is 4. The molecule has 1 rings (SSSR count). The highest BCUT2D eigenvalue weighted by molar-refractivity contribution is 5.56. The number of hydrogen-bond donors (Lipinski definition) is 4. The first kappa shape index (κ1) is 14.8. The van der Waals surface area contributed by atoms with E-state index >= 15 is 0 Å². The second-order valence-corrected chi connectivity index (χ2v) is 4.58. The fraction of sp³-hybridized carbons (Fsp3) is 0.571. The van der Waals surface area contributed by atoms with Gasteiger partial charge in [-0.3, -0.25) is 0 Å². The zero-order valence-electron chi connectivity index (χ0n) is 11.4. The van der Waals surface area contributed by atoms with Crippen LogP contribution in [-0.4, -0.2) is 30.3 Å². The second-order valence-electron chi connectivity index (χ2n) is 4.58. The van der Waals surface area contributed by atoms with E-state index in [0.717, 1.165) is 30.8 Å². The molecule has 0 spiro atoms. The summed E-state index contributed by atoms with van der Waals surface area (Å²) in [6.07, 6.45) is 1.50. The molecule has 18 heavy (non-hydrogen) atoms. The molecule has 0 bridgehead atoms. The lowest BCUT2D eigenvalue weighted by Crippen LogP contribution is -2.35. The summed E-state index contributed by atoms with van der Waals surface area (Å²) in [6, 6.07) is 8.02. The average molecular weight is 251 g/mol. The van der Waals surface area contributed by atoms with Gasteiger partial charge in [-0.15, -0.1) is 0 Å². The SMILES string of the molecule is CCC(O)(CC)CNc1cccc(NCCN)c1. The van der Waals surface area contributed by atoms with Gasteiger partial charge in [-0.1, -0.05) is 19.9 Å². The van der Waals surface area contributed by atoms with Gasteiger partial charge >= 0.3 is 0 Å². The van der Waals surface area contributed by atoms with E-state index in [1.807, 2.05) is 38.1 Å². The summed E-state index contributed by atoms with van der Waals surface area (Å²) >= 11 is 0. The Morgan fingerprint density at radius 3 is 2.33 bits per heavy atom. The number of nitrogens with one attached hydrogen (secondary N) is 2. The van der Waals surface area contributed by atoms with Crippen molar-refractivity contribution in [1.29, 1.82) is 0 Å². The zero-order chi connectivity index (χ0) is 13.4. The van der Waals surface area contributed by atoms with Crippen LogP contribution in [-0.2, 0) is 0 Å². The van der Waals surface area contributed by atoms with Gasteiger partial charge in [0.1, 0.15) is 0 Å². The lowest BCUT2D eigenvalue weighted by molar-refractivity contribution is 0.0457. The molecule has 0 saturated carbocycles. The van der Waals surface area contributed by atoms with E-state index in [0.29, 0.717) is 13.1 Å². The van der Waals surface area contributed by atoms with E-state index in [1.165, 1.54) is 0 Å². The third-order valence-electron chi connectivity index (χ3n) is 3.27. The minimum atomic E-state index is -0.624. The van der Waals surface area contributed by atoms with Crippen LogP contribution in [0.1, 0.15) is 26.7 Å². The summed E-state index contributed by atoms with van der Waals surface area (Å²) in [5, 5.41) is 16.7. The number of anilines is 2. The van der Waals surface area contributed by atoms with Gasteiger partial charge in [0.05, 0.1) is 5.60 Å². The van der Waals surface area contributed by atoms with Crippen molar-refractivity contribution >= 4 is 11.4 Å². The third kappa shape index (κ3) is 4.55. The topological polar surface area (TPSA) is 70.3 Å². The van der Waals surface area contributed by atoms with Crippen molar-refractivity contribution in [3.8, 4) is 0 Å². The summed E-state index contributed by atoms with van der Waals surface area (Å²) in [6.45, 7) is 5.95. The monoisotopic (exact) mass is 251 g/mol. The minimum absolute atomic E-state index is 0.570. The van der Waals surface area contributed by atoms with Crippen LogP contribution < -0.4 is 16.4 Å². The first-order valence-corrected chi connectivity index (χ1v) is 6.64. The van der Waals surface area contributed by atoms with Crippen LogP contribution in [0.2, 0.25) is 0 Å². The van der Waals surface area contributed by atoms with Crippen molar-refractivity contribution in [2.45, 2.75) is 32.3 Å². The predicted molar refractivity (Wildman–Crippen MR) is 78.0 cm³/mol. The Labute approximate surface area is 110 Å². The lowest BCUT2D eigenvalue weighted by Gasteiger charge is -2.26. The zero-order valence-corrected chi connectivity index (χ0v) is 11.4. The quantitative estimate of drug-likeness (QED) is 0.570. The van der Waals surface area contributed by atoms with E-state index in [1.54, 1.807) is 0 Å². The molecule has 5 N–H and O–H groups in total. The molecule has 0 aromatic heterocycles. The normalized spacial score (nSPS) is 11.3. The van der Waals surface area contributed by atoms with Crippen molar-refractivity contribution in [3.05, 3.63) is 24.3 Å². The fourth-order valence-electron chi connectivity index (χ4n) is 1.72. The van der Waals surface area contributed by atoms with E-state index in [4.69, 9.17) is 5.73 Å². The Morgan fingerprint density at radius 2 is 1.78 bits per heavy atom. The number of rotatable bonds is 8. The molecule has 0 heterocycles. The fourth-order valence-corrected chi connectivity index (χ4v) is 1.72. The maximum atomic E-state index is 10.2. The molecule has 0 unspecified atom stereocenters. The molecule has 0 fully saturated rings. The molecular formula is C14H25N3O. The maximum Gasteiger partial charge on any atom is 0.0814 e. The number of aliphatic hydroxyl groups is 1. The van der Waals surface area contributed by atoms with Gasteiger partial charge in [-0.05, 0) is 31.0 Å². The number of nitrogens with two attached hydrogens (primary N) is 1. The Balaban J connectivity index is 2.56. The third-order valence-corrected chi connectivity index (χ3v) is 3.27. The van der Waals surface area contributed by atoms with Gasteiger partial charge in [0.25, 0.3) is 0 Å². The molecule has 0 radical (unpaired) electrons. The second kappa shape index (κ2) is 7.24. The summed E-state index contributed by atoms with van der Waals surface area (Å²) in [4.78, 5) is 0. The molecule has 1 aromatic carbocycles. The van der Waals surface area contributed by atoms with Crippen LogP contribution in [0.5, 0.6) is 0 Å². The molecule has 0 saturated heterocycles. The van der Waals surface area contributed by atoms with Gasteiger partial charge in [0.2, 0.25) is 0 Å². The molecule has 0 amide bonds. The van der Waals surface area contributed by atoms with Crippen molar-refractivity contribution in [3.63, 3.8) is 0 Å². The van der Waals surface area contributed by atoms with Crippen LogP contribution >= 0.6 is 0 Å². The van der Waals surface area contributed by atoms with Crippen molar-refractivity contribution in [2.75, 3.05) is 30.3 Å². The van der Waals surface area contributed by atoms with Crippen LogP contribution in [0.3, 0.4) is 0 Å². The van der Waals surface area contributed by atoms with Crippen molar-refractivity contribution < 1.29 is 5.11 Å². The van der Waals surface area contributed by atoms with E-state index in [2.05, 4.69) is 10.6 Å². The maximum absolute atomic E-state index is 10.2. The van der Waals surface area contributed by atoms with Gasteiger partial charge in [0.15, 0.2) is 0 Å². The van der Waals surface area contributed by atoms with Crippen molar-refractivity contribution in [1.82, 2.24) is 0 Å². The lowest BCUT2D eigenvalue weighted by atomic mass is 9.97. The van der Waals surface area contributed by atoms with Crippen molar-refractivity contribution in [2.24, 2.45) is 5.73 Å². The van der Waals surface area contributed by atoms with Gasteiger partial charge in [-0.25, -0.2) is 0 Å². The van der Waals surface area contributed by atoms with E-state index < -0.39 is 5.60 Å². The molecule has 0 aliphatic carbocycles. The Morgan fingerprint density at radius 1 is 1.17 bits per heavy atom. The molecule has 4 nitrogen and oxygen atoms in total. The minimum Gasteiger partial charge on any atom is -0.388 e. The Hall–Kier alpha value is -1.26. The highest BCUT2D eigenvalue weighted by Gasteiger charge is 2.21. The first-order valence-electron chi connectivity index (χ1n) is 6.64. The molecule has 102 valence electrons. The molecule has 0 atom stereocenters. The molecule has 0 aliphatic heterocycles. The van der Waals surface area contributed by atoms with E-state index in [-0.39, 0.29) is 0 Å². The molecule has 4 heteroatoms. The van der Waals surface area contributed by atoms with Crippen LogP contribution in [0, 0.1) is 0 Å². The number of benzene rings is 1. The molecular weight excluding hydrogens is 226 g/mol. The predicted octanol–water partition coefficient (Wildman–Crippen LogP) is 2.02. The van der Waals surface area contributed by atoms with E-state index in [9.17, 15) is 5.11 Å².